The molecule has 3 rings (SSSR count). The number of ether oxygens (including phenoxy) is 1. The molecule has 0 saturated carbocycles. The molecule has 26 heavy (non-hydrogen) atoms. The van der Waals surface area contributed by atoms with Gasteiger partial charge in [0.05, 0.1) is 16.7 Å². The summed E-state index contributed by atoms with van der Waals surface area (Å²) < 4.78 is 5.27. The molecule has 0 aromatic heterocycles. The lowest BCUT2D eigenvalue weighted by Gasteiger charge is -2.09. The van der Waals surface area contributed by atoms with Gasteiger partial charge in [0.15, 0.2) is 0 Å². The van der Waals surface area contributed by atoms with E-state index < -0.39 is 17.9 Å². The SMILES string of the molecule is O=C(O)c1cc(C(=O)O)cc(C(=O)OCc2cccc3ccccc23)c1. The van der Waals surface area contributed by atoms with Crippen molar-refractivity contribution in [3.63, 3.8) is 0 Å². The molecule has 0 unspecified atom stereocenters. The minimum Gasteiger partial charge on any atom is -0.478 e. The Balaban J connectivity index is 1.86. The standard InChI is InChI=1S/C20H14O6/c21-18(22)14-8-15(19(23)24)10-16(9-14)20(25)26-11-13-6-3-5-12-4-1-2-7-17(12)13/h1-10H,11H2,(H,21,22)(H,23,24). The van der Waals surface area contributed by atoms with Crippen LogP contribution in [0.25, 0.3) is 10.8 Å². The first-order chi connectivity index (χ1) is 12.5. The van der Waals surface area contributed by atoms with Crippen molar-refractivity contribution in [2.45, 2.75) is 6.61 Å². The lowest BCUT2D eigenvalue weighted by molar-refractivity contribution is 0.0474. The molecular formula is C20H14O6. The normalized spacial score (nSPS) is 10.5. The number of carboxylic acid groups (broad SMARTS) is 2. The van der Waals surface area contributed by atoms with E-state index in [1.807, 2.05) is 42.5 Å². The first kappa shape index (κ1) is 17.2. The highest BCUT2D eigenvalue weighted by atomic mass is 16.5. The highest BCUT2D eigenvalue weighted by Crippen LogP contribution is 2.20. The lowest BCUT2D eigenvalue weighted by atomic mass is 10.0. The summed E-state index contributed by atoms with van der Waals surface area (Å²) in [5.41, 5.74) is 0.0934. The predicted octanol–water partition coefficient (Wildman–Crippen LogP) is 3.59. The summed E-state index contributed by atoms with van der Waals surface area (Å²) in [5.74, 6) is -3.43. The second-order valence-electron chi connectivity index (χ2n) is 5.62. The largest absolute Gasteiger partial charge is 0.478 e. The van der Waals surface area contributed by atoms with Crippen LogP contribution in [0.15, 0.2) is 60.7 Å². The molecule has 6 nitrogen and oxygen atoms in total. The van der Waals surface area contributed by atoms with Crippen LogP contribution in [0.5, 0.6) is 0 Å². The number of hydrogen-bond acceptors (Lipinski definition) is 4. The highest BCUT2D eigenvalue weighted by molar-refractivity contribution is 5.99. The average molecular weight is 350 g/mol. The molecule has 0 fully saturated rings. The number of hydrogen-bond donors (Lipinski definition) is 2. The molecule has 0 radical (unpaired) electrons. The van der Waals surface area contributed by atoms with Crippen LogP contribution in [0.3, 0.4) is 0 Å². The van der Waals surface area contributed by atoms with E-state index in [-0.39, 0.29) is 23.3 Å². The quantitative estimate of drug-likeness (QED) is 0.682. The molecule has 0 heterocycles. The van der Waals surface area contributed by atoms with Crippen molar-refractivity contribution in [2.75, 3.05) is 0 Å². The molecule has 0 bridgehead atoms. The Morgan fingerprint density at radius 2 is 1.35 bits per heavy atom. The molecule has 0 saturated heterocycles. The van der Waals surface area contributed by atoms with Gasteiger partial charge in [-0.2, -0.15) is 0 Å². The number of carboxylic acids is 2. The molecule has 3 aromatic carbocycles. The fourth-order valence-electron chi connectivity index (χ4n) is 2.64. The number of fused-ring (bicyclic) bond motifs is 1. The third kappa shape index (κ3) is 3.54. The van der Waals surface area contributed by atoms with Gasteiger partial charge in [0.25, 0.3) is 0 Å². The van der Waals surface area contributed by atoms with E-state index in [1.165, 1.54) is 0 Å². The van der Waals surface area contributed by atoms with Gasteiger partial charge >= 0.3 is 17.9 Å². The molecule has 3 aromatic rings. The Labute approximate surface area is 148 Å². The average Bonchev–Trinajstić information content (AvgIpc) is 2.65. The van der Waals surface area contributed by atoms with Crippen molar-refractivity contribution in [2.24, 2.45) is 0 Å². The third-order valence-electron chi connectivity index (χ3n) is 3.90. The van der Waals surface area contributed by atoms with Gasteiger partial charge in [-0.05, 0) is 34.5 Å². The molecular weight excluding hydrogens is 336 g/mol. The van der Waals surface area contributed by atoms with Crippen LogP contribution in [0, 0.1) is 0 Å². The fourth-order valence-corrected chi connectivity index (χ4v) is 2.64. The smallest absolute Gasteiger partial charge is 0.338 e. The molecule has 6 heteroatoms. The van der Waals surface area contributed by atoms with E-state index in [0.717, 1.165) is 34.5 Å². The van der Waals surface area contributed by atoms with Gasteiger partial charge in [-0.25, -0.2) is 14.4 Å². The molecule has 130 valence electrons. The van der Waals surface area contributed by atoms with Gasteiger partial charge in [0.1, 0.15) is 6.61 Å². The van der Waals surface area contributed by atoms with Gasteiger partial charge < -0.3 is 14.9 Å². The Morgan fingerprint density at radius 1 is 0.769 bits per heavy atom. The minimum atomic E-state index is -1.32. The van der Waals surface area contributed by atoms with Crippen LogP contribution in [0.1, 0.15) is 36.6 Å². The second-order valence-corrected chi connectivity index (χ2v) is 5.62. The van der Waals surface area contributed by atoms with Crippen molar-refractivity contribution >= 4 is 28.7 Å². The van der Waals surface area contributed by atoms with E-state index in [4.69, 9.17) is 14.9 Å². The van der Waals surface area contributed by atoms with Gasteiger partial charge in [0.2, 0.25) is 0 Å². The maximum Gasteiger partial charge on any atom is 0.338 e. The van der Waals surface area contributed by atoms with Crippen LogP contribution in [0.2, 0.25) is 0 Å². The summed E-state index contributed by atoms with van der Waals surface area (Å²) in [6, 6.07) is 16.4. The second kappa shape index (κ2) is 7.06. The summed E-state index contributed by atoms with van der Waals surface area (Å²) in [5, 5.41) is 20.1. The predicted molar refractivity (Wildman–Crippen MR) is 93.4 cm³/mol. The van der Waals surface area contributed by atoms with Crippen LogP contribution < -0.4 is 0 Å². The summed E-state index contributed by atoms with van der Waals surface area (Å²) in [6.45, 7) is -0.0140. The van der Waals surface area contributed by atoms with E-state index in [2.05, 4.69) is 0 Å². The first-order valence-corrected chi connectivity index (χ1v) is 7.71. The van der Waals surface area contributed by atoms with Crippen LogP contribution in [0.4, 0.5) is 0 Å². The van der Waals surface area contributed by atoms with Gasteiger partial charge in [-0.1, -0.05) is 42.5 Å². The Morgan fingerprint density at radius 3 is 2.00 bits per heavy atom. The zero-order chi connectivity index (χ0) is 18.7. The summed E-state index contributed by atoms with van der Waals surface area (Å²) >= 11 is 0. The molecule has 2 N–H and O–H groups in total. The summed E-state index contributed by atoms with van der Waals surface area (Å²) in [7, 11) is 0. The van der Waals surface area contributed by atoms with Gasteiger partial charge in [-0.3, -0.25) is 0 Å². The van der Waals surface area contributed by atoms with Crippen LogP contribution >= 0.6 is 0 Å². The maximum atomic E-state index is 12.3. The molecule has 0 aliphatic rings. The van der Waals surface area contributed by atoms with Crippen LogP contribution in [-0.2, 0) is 11.3 Å². The van der Waals surface area contributed by atoms with Crippen molar-refractivity contribution in [1.29, 1.82) is 0 Å². The van der Waals surface area contributed by atoms with E-state index >= 15 is 0 Å². The molecule has 0 amide bonds. The topological polar surface area (TPSA) is 101 Å². The number of carbonyl (C=O) groups is 3. The zero-order valence-electron chi connectivity index (χ0n) is 13.5. The van der Waals surface area contributed by atoms with E-state index in [1.54, 1.807) is 0 Å². The lowest BCUT2D eigenvalue weighted by Crippen LogP contribution is -2.10. The third-order valence-corrected chi connectivity index (χ3v) is 3.90. The number of carbonyl (C=O) groups excluding carboxylic acids is 1. The Bertz CT molecular complexity index is 984. The Kier molecular flexibility index (Phi) is 4.66. The number of aromatic carboxylic acids is 2. The van der Waals surface area contributed by atoms with Crippen LogP contribution in [-0.4, -0.2) is 28.1 Å². The summed E-state index contributed by atoms with van der Waals surface area (Å²) in [4.78, 5) is 34.6. The van der Waals surface area contributed by atoms with E-state index in [0.29, 0.717) is 0 Å². The zero-order valence-corrected chi connectivity index (χ0v) is 13.5. The van der Waals surface area contributed by atoms with Crippen molar-refractivity contribution in [3.05, 3.63) is 82.9 Å². The number of esters is 1. The number of benzene rings is 3. The molecule has 0 aliphatic carbocycles. The van der Waals surface area contributed by atoms with Gasteiger partial charge in [0, 0.05) is 0 Å². The highest BCUT2D eigenvalue weighted by Gasteiger charge is 2.16. The molecule has 0 aliphatic heterocycles. The minimum absolute atomic E-state index is 0.0140. The van der Waals surface area contributed by atoms with Crippen molar-refractivity contribution in [3.8, 4) is 0 Å². The van der Waals surface area contributed by atoms with E-state index in [9.17, 15) is 14.4 Å². The maximum absolute atomic E-state index is 12.3. The fraction of sp³-hybridized carbons (Fsp3) is 0.0500. The first-order valence-electron chi connectivity index (χ1n) is 7.71. The van der Waals surface area contributed by atoms with Gasteiger partial charge in [-0.15, -0.1) is 0 Å². The van der Waals surface area contributed by atoms with Crippen molar-refractivity contribution in [1.82, 2.24) is 0 Å². The summed E-state index contributed by atoms with van der Waals surface area (Å²) in [6.07, 6.45) is 0. The monoisotopic (exact) mass is 350 g/mol. The molecule has 0 spiro atoms. The van der Waals surface area contributed by atoms with Crippen molar-refractivity contribution < 1.29 is 29.3 Å². The molecule has 0 atom stereocenters. The Hall–Kier alpha value is -3.67. The number of rotatable bonds is 5.